The zero-order valence-corrected chi connectivity index (χ0v) is 9.27. The molecule has 0 spiro atoms. The monoisotopic (exact) mass is 276 g/mol. The minimum atomic E-state index is -5.70. The van der Waals surface area contributed by atoms with Gasteiger partial charge in [0.05, 0.1) is 12.5 Å². The number of carbonyl (C=O) groups excluding carboxylic acids is 1. The van der Waals surface area contributed by atoms with E-state index in [4.69, 9.17) is 5.26 Å². The van der Waals surface area contributed by atoms with Gasteiger partial charge in [-0.2, -0.15) is 31.6 Å². The van der Waals surface area contributed by atoms with E-state index in [0.29, 0.717) is 4.90 Å². The lowest BCUT2D eigenvalue weighted by atomic mass is 10.1. The molecule has 0 aromatic heterocycles. The van der Waals surface area contributed by atoms with Gasteiger partial charge in [-0.3, -0.25) is 4.79 Å². The van der Waals surface area contributed by atoms with Crippen LogP contribution in [-0.4, -0.2) is 36.2 Å². The Morgan fingerprint density at radius 2 is 1.67 bits per heavy atom. The fraction of sp³-hybridized carbons (Fsp3) is 0.778. The number of nitrogens with zero attached hydrogens (tertiary/aromatic N) is 2. The van der Waals surface area contributed by atoms with Crippen LogP contribution in [0.2, 0.25) is 0 Å². The van der Waals surface area contributed by atoms with Crippen molar-refractivity contribution in [3.05, 3.63) is 0 Å². The molecule has 0 aromatic carbocycles. The van der Waals surface area contributed by atoms with E-state index in [9.17, 15) is 31.1 Å². The van der Waals surface area contributed by atoms with Crippen molar-refractivity contribution in [2.45, 2.75) is 25.7 Å². The van der Waals surface area contributed by atoms with Crippen LogP contribution in [0.4, 0.5) is 26.3 Å². The standard InChI is InChI=1S/C9H10F6N2O/c1-2-17(5-3-4-16)7(18)6(8(10,11)12)9(13,14)15/h6H,2-3,5H2,1H3. The zero-order chi connectivity index (χ0) is 14.6. The van der Waals surface area contributed by atoms with E-state index in [1.807, 2.05) is 0 Å². The number of hydrogen-bond acceptors (Lipinski definition) is 2. The number of alkyl halides is 6. The number of amides is 1. The van der Waals surface area contributed by atoms with E-state index in [2.05, 4.69) is 0 Å². The van der Waals surface area contributed by atoms with Crippen molar-refractivity contribution in [3.8, 4) is 6.07 Å². The second-order valence-corrected chi connectivity index (χ2v) is 3.34. The van der Waals surface area contributed by atoms with Crippen LogP contribution in [0.1, 0.15) is 13.3 Å². The lowest BCUT2D eigenvalue weighted by molar-refractivity contribution is -0.277. The molecule has 0 atom stereocenters. The molecule has 0 aliphatic heterocycles. The Bertz CT molecular complexity index is 315. The average molecular weight is 276 g/mol. The molecule has 0 rings (SSSR count). The maximum Gasteiger partial charge on any atom is 0.409 e. The molecule has 0 heterocycles. The van der Waals surface area contributed by atoms with E-state index in [1.54, 1.807) is 6.07 Å². The molecule has 0 bridgehead atoms. The molecule has 1 amide bonds. The van der Waals surface area contributed by atoms with Crippen molar-refractivity contribution >= 4 is 5.91 Å². The molecule has 0 aliphatic carbocycles. The minimum absolute atomic E-state index is 0.330. The van der Waals surface area contributed by atoms with Gasteiger partial charge in [0.1, 0.15) is 0 Å². The summed E-state index contributed by atoms with van der Waals surface area (Å²) < 4.78 is 73.5. The smallest absolute Gasteiger partial charge is 0.341 e. The largest absolute Gasteiger partial charge is 0.409 e. The van der Waals surface area contributed by atoms with Crippen molar-refractivity contribution in [1.29, 1.82) is 5.26 Å². The molecule has 0 fully saturated rings. The molecular formula is C9H10F6N2O. The van der Waals surface area contributed by atoms with Gasteiger partial charge in [0.25, 0.3) is 0 Å². The topological polar surface area (TPSA) is 44.1 Å². The molecule has 9 heteroatoms. The highest BCUT2D eigenvalue weighted by Crippen LogP contribution is 2.40. The summed E-state index contributed by atoms with van der Waals surface area (Å²) in [6.45, 7) is 0.441. The summed E-state index contributed by atoms with van der Waals surface area (Å²) in [7, 11) is 0. The number of nitriles is 1. The Labute approximate surface area is 99.0 Å². The molecule has 0 radical (unpaired) electrons. The first-order valence-electron chi connectivity index (χ1n) is 4.84. The number of halogens is 6. The van der Waals surface area contributed by atoms with E-state index in [0.717, 1.165) is 0 Å². The van der Waals surface area contributed by atoms with Crippen molar-refractivity contribution in [2.24, 2.45) is 5.92 Å². The first kappa shape index (κ1) is 16.5. The van der Waals surface area contributed by atoms with Crippen LogP contribution in [0.5, 0.6) is 0 Å². The third kappa shape index (κ3) is 4.43. The van der Waals surface area contributed by atoms with Crippen LogP contribution in [0.3, 0.4) is 0 Å². The molecule has 3 nitrogen and oxygen atoms in total. The normalized spacial score (nSPS) is 12.4. The molecule has 0 aromatic rings. The molecule has 18 heavy (non-hydrogen) atoms. The summed E-state index contributed by atoms with van der Waals surface area (Å²) in [4.78, 5) is 11.6. The number of carbonyl (C=O) groups is 1. The summed E-state index contributed by atoms with van der Waals surface area (Å²) in [5.74, 6) is -6.11. The first-order chi connectivity index (χ1) is 8.05. The van der Waals surface area contributed by atoms with Crippen molar-refractivity contribution < 1.29 is 31.1 Å². The summed E-state index contributed by atoms with van der Waals surface area (Å²) in [6.07, 6.45) is -11.7. The lowest BCUT2D eigenvalue weighted by Crippen LogP contribution is -2.49. The third-order valence-electron chi connectivity index (χ3n) is 2.09. The molecule has 104 valence electrons. The van der Waals surface area contributed by atoms with E-state index in [-0.39, 0.29) is 13.0 Å². The summed E-state index contributed by atoms with van der Waals surface area (Å²) in [6, 6.07) is 1.55. The highest BCUT2D eigenvalue weighted by atomic mass is 19.4. The van der Waals surface area contributed by atoms with Gasteiger partial charge in [0, 0.05) is 13.1 Å². The lowest BCUT2D eigenvalue weighted by Gasteiger charge is -2.28. The van der Waals surface area contributed by atoms with Gasteiger partial charge in [-0.15, -0.1) is 0 Å². The second-order valence-electron chi connectivity index (χ2n) is 3.34. The maximum absolute atomic E-state index is 12.3. The number of hydrogen-bond donors (Lipinski definition) is 0. The van der Waals surface area contributed by atoms with Gasteiger partial charge >= 0.3 is 12.4 Å². The highest BCUT2D eigenvalue weighted by Gasteiger charge is 2.61. The van der Waals surface area contributed by atoms with Crippen LogP contribution < -0.4 is 0 Å². The van der Waals surface area contributed by atoms with Crippen LogP contribution in [-0.2, 0) is 4.79 Å². The Balaban J connectivity index is 5.14. The van der Waals surface area contributed by atoms with Crippen molar-refractivity contribution in [1.82, 2.24) is 4.90 Å². The average Bonchev–Trinajstić information content (AvgIpc) is 2.14. The fourth-order valence-electron chi connectivity index (χ4n) is 1.26. The van der Waals surface area contributed by atoms with Gasteiger partial charge in [-0.1, -0.05) is 0 Å². The Morgan fingerprint density at radius 1 is 1.22 bits per heavy atom. The Morgan fingerprint density at radius 3 is 1.94 bits per heavy atom. The van der Waals surface area contributed by atoms with E-state index < -0.39 is 30.7 Å². The molecule has 0 N–H and O–H groups in total. The quantitative estimate of drug-likeness (QED) is 0.740. The Hall–Kier alpha value is -1.46. The molecule has 0 unspecified atom stereocenters. The zero-order valence-electron chi connectivity index (χ0n) is 9.27. The first-order valence-corrected chi connectivity index (χ1v) is 4.84. The summed E-state index contributed by atoms with van der Waals surface area (Å²) >= 11 is 0. The third-order valence-corrected chi connectivity index (χ3v) is 2.09. The molecule has 0 aliphatic rings. The van der Waals surface area contributed by atoms with Gasteiger partial charge in [0.2, 0.25) is 11.8 Å². The molecular weight excluding hydrogens is 266 g/mol. The van der Waals surface area contributed by atoms with Crippen LogP contribution in [0.15, 0.2) is 0 Å². The predicted octanol–water partition coefficient (Wildman–Crippen LogP) is 2.49. The minimum Gasteiger partial charge on any atom is -0.341 e. The van der Waals surface area contributed by atoms with E-state index in [1.165, 1.54) is 6.92 Å². The van der Waals surface area contributed by atoms with Gasteiger partial charge < -0.3 is 4.90 Å². The SMILES string of the molecule is CCN(CCC#N)C(=O)C(C(F)(F)F)C(F)(F)F. The second kappa shape index (κ2) is 5.93. The van der Waals surface area contributed by atoms with Crippen LogP contribution >= 0.6 is 0 Å². The van der Waals surface area contributed by atoms with Gasteiger partial charge in [-0.05, 0) is 6.92 Å². The van der Waals surface area contributed by atoms with Crippen LogP contribution in [0, 0.1) is 17.2 Å². The van der Waals surface area contributed by atoms with Gasteiger partial charge in [0.15, 0.2) is 0 Å². The van der Waals surface area contributed by atoms with Crippen LogP contribution in [0.25, 0.3) is 0 Å². The van der Waals surface area contributed by atoms with Crippen molar-refractivity contribution in [3.63, 3.8) is 0 Å². The number of rotatable bonds is 4. The van der Waals surface area contributed by atoms with E-state index >= 15 is 0 Å². The Kier molecular flexibility index (Phi) is 5.45. The summed E-state index contributed by atoms with van der Waals surface area (Å²) in [5.41, 5.74) is 0. The molecule has 0 saturated carbocycles. The predicted molar refractivity (Wildman–Crippen MR) is 48.1 cm³/mol. The molecule has 0 saturated heterocycles. The summed E-state index contributed by atoms with van der Waals surface area (Å²) in [5, 5.41) is 8.22. The fourth-order valence-corrected chi connectivity index (χ4v) is 1.26. The van der Waals surface area contributed by atoms with Crippen molar-refractivity contribution in [2.75, 3.05) is 13.1 Å². The van der Waals surface area contributed by atoms with Gasteiger partial charge in [-0.25, -0.2) is 0 Å². The maximum atomic E-state index is 12.3. The highest BCUT2D eigenvalue weighted by molar-refractivity contribution is 5.80.